The van der Waals surface area contributed by atoms with E-state index in [4.69, 9.17) is 11.6 Å². The molecule has 1 N–H and O–H groups in total. The lowest BCUT2D eigenvalue weighted by Crippen LogP contribution is -2.27. The van der Waals surface area contributed by atoms with Gasteiger partial charge >= 0.3 is 0 Å². The third-order valence-electron chi connectivity index (χ3n) is 1.64. The maximum absolute atomic E-state index is 11.4. The van der Waals surface area contributed by atoms with E-state index in [0.717, 1.165) is 23.5 Å². The van der Waals surface area contributed by atoms with Crippen molar-refractivity contribution in [3.8, 4) is 0 Å². The van der Waals surface area contributed by atoms with Crippen molar-refractivity contribution in [3.05, 3.63) is 23.3 Å². The summed E-state index contributed by atoms with van der Waals surface area (Å²) in [6.07, 6.45) is 2.97. The third kappa shape index (κ3) is 3.87. The van der Waals surface area contributed by atoms with Crippen molar-refractivity contribution in [2.24, 2.45) is 0 Å². The van der Waals surface area contributed by atoms with Gasteiger partial charge in [0, 0.05) is 16.4 Å². The van der Waals surface area contributed by atoms with Gasteiger partial charge in [0.25, 0.3) is 0 Å². The number of thioether (sulfide) groups is 1. The van der Waals surface area contributed by atoms with Crippen LogP contribution in [0.15, 0.2) is 23.3 Å². The van der Waals surface area contributed by atoms with Gasteiger partial charge in [0.05, 0.1) is 6.54 Å². The molecule has 72 valence electrons. The predicted molar refractivity (Wildman–Crippen MR) is 58.0 cm³/mol. The molecule has 0 aromatic carbocycles. The Morgan fingerprint density at radius 1 is 1.77 bits per heavy atom. The zero-order chi connectivity index (χ0) is 9.68. The summed E-state index contributed by atoms with van der Waals surface area (Å²) in [5.41, 5.74) is 0.856. The average molecular weight is 218 g/mol. The van der Waals surface area contributed by atoms with Crippen molar-refractivity contribution in [2.45, 2.75) is 6.42 Å². The van der Waals surface area contributed by atoms with E-state index in [1.54, 1.807) is 11.8 Å². The van der Waals surface area contributed by atoms with E-state index in [9.17, 15) is 4.79 Å². The molecular weight excluding hydrogens is 206 g/mol. The molecule has 1 heterocycles. The number of carbonyl (C=O) groups is 1. The summed E-state index contributed by atoms with van der Waals surface area (Å²) in [5, 5.41) is 3.16. The van der Waals surface area contributed by atoms with Crippen LogP contribution in [0.2, 0.25) is 0 Å². The molecule has 0 spiro atoms. The molecular formula is C9H12ClNOS. The Hall–Kier alpha value is -0.410. The van der Waals surface area contributed by atoms with Gasteiger partial charge in [-0.3, -0.25) is 4.79 Å². The number of nitrogens with one attached hydrogen (secondary N) is 1. The monoisotopic (exact) mass is 217 g/mol. The molecule has 1 amide bonds. The first kappa shape index (κ1) is 10.7. The van der Waals surface area contributed by atoms with Gasteiger partial charge in [-0.25, -0.2) is 0 Å². The minimum Gasteiger partial charge on any atom is -0.347 e. The van der Waals surface area contributed by atoms with Crippen molar-refractivity contribution >= 4 is 29.3 Å². The number of rotatable bonds is 3. The van der Waals surface area contributed by atoms with Gasteiger partial charge in [-0.15, -0.1) is 0 Å². The number of halogens is 1. The Morgan fingerprint density at radius 2 is 2.54 bits per heavy atom. The summed E-state index contributed by atoms with van der Waals surface area (Å²) in [7, 11) is 0. The third-order valence-corrected chi connectivity index (χ3v) is 2.82. The molecule has 0 unspecified atom stereocenters. The summed E-state index contributed by atoms with van der Waals surface area (Å²) in [5.74, 6) is 1.90. The van der Waals surface area contributed by atoms with Gasteiger partial charge in [-0.1, -0.05) is 24.3 Å². The maximum atomic E-state index is 11.4. The van der Waals surface area contributed by atoms with Crippen molar-refractivity contribution in [2.75, 3.05) is 18.1 Å². The Bertz CT molecular complexity index is 250. The Morgan fingerprint density at radius 3 is 3.08 bits per heavy atom. The fourth-order valence-electron chi connectivity index (χ4n) is 1.01. The Kier molecular flexibility index (Phi) is 4.39. The van der Waals surface area contributed by atoms with E-state index in [1.807, 2.05) is 6.08 Å². The second-order valence-electron chi connectivity index (χ2n) is 2.77. The van der Waals surface area contributed by atoms with Crippen LogP contribution in [0.1, 0.15) is 6.42 Å². The summed E-state index contributed by atoms with van der Waals surface area (Å²) in [4.78, 5) is 11.4. The van der Waals surface area contributed by atoms with Crippen molar-refractivity contribution in [1.82, 2.24) is 5.32 Å². The second kappa shape index (κ2) is 5.35. The first-order chi connectivity index (χ1) is 6.20. The topological polar surface area (TPSA) is 29.1 Å². The largest absolute Gasteiger partial charge is 0.347 e. The van der Waals surface area contributed by atoms with Gasteiger partial charge in [-0.05, 0) is 12.2 Å². The van der Waals surface area contributed by atoms with Crippen LogP contribution in [0.5, 0.6) is 0 Å². The smallest absolute Gasteiger partial charge is 0.248 e. The second-order valence-corrected chi connectivity index (χ2v) is 4.41. The quantitative estimate of drug-likeness (QED) is 0.783. The summed E-state index contributed by atoms with van der Waals surface area (Å²) < 4.78 is 0. The summed E-state index contributed by atoms with van der Waals surface area (Å²) >= 11 is 7.31. The van der Waals surface area contributed by atoms with Crippen LogP contribution in [0.3, 0.4) is 0 Å². The highest BCUT2D eigenvalue weighted by Gasteiger charge is 2.11. The van der Waals surface area contributed by atoms with Gasteiger partial charge in [0.2, 0.25) is 5.91 Å². The first-order valence-corrected chi connectivity index (χ1v) is 5.61. The minimum atomic E-state index is -0.0194. The van der Waals surface area contributed by atoms with Gasteiger partial charge in [0.1, 0.15) is 0 Å². The Labute approximate surface area is 87.4 Å². The Balaban J connectivity index is 2.38. The summed E-state index contributed by atoms with van der Waals surface area (Å²) in [6.45, 7) is 3.85. The normalized spacial score (nSPS) is 16.2. The zero-order valence-corrected chi connectivity index (χ0v) is 8.88. The van der Waals surface area contributed by atoms with Crippen molar-refractivity contribution < 1.29 is 4.79 Å². The lowest BCUT2D eigenvalue weighted by Gasteiger charge is -2.11. The molecule has 0 saturated carbocycles. The number of carbonyl (C=O) groups excluding carboxylic acids is 1. The molecule has 0 aliphatic carbocycles. The van der Waals surface area contributed by atoms with E-state index in [2.05, 4.69) is 11.9 Å². The van der Waals surface area contributed by atoms with Crippen LogP contribution in [0.4, 0.5) is 0 Å². The van der Waals surface area contributed by atoms with Crippen LogP contribution in [-0.2, 0) is 4.79 Å². The van der Waals surface area contributed by atoms with E-state index in [-0.39, 0.29) is 5.91 Å². The lowest BCUT2D eigenvalue weighted by atomic mass is 10.2. The van der Waals surface area contributed by atoms with Crippen LogP contribution >= 0.6 is 23.4 Å². The molecule has 1 aliphatic rings. The van der Waals surface area contributed by atoms with E-state index in [1.165, 1.54) is 0 Å². The molecule has 4 heteroatoms. The van der Waals surface area contributed by atoms with Crippen molar-refractivity contribution in [1.29, 1.82) is 0 Å². The van der Waals surface area contributed by atoms with E-state index in [0.29, 0.717) is 11.6 Å². The maximum Gasteiger partial charge on any atom is 0.248 e. The lowest BCUT2D eigenvalue weighted by molar-refractivity contribution is -0.117. The number of amides is 1. The molecule has 13 heavy (non-hydrogen) atoms. The van der Waals surface area contributed by atoms with E-state index >= 15 is 0 Å². The van der Waals surface area contributed by atoms with Crippen LogP contribution < -0.4 is 5.32 Å². The zero-order valence-electron chi connectivity index (χ0n) is 7.31. The predicted octanol–water partition coefficient (Wildman–Crippen LogP) is 1.92. The number of hydrogen-bond donors (Lipinski definition) is 1. The van der Waals surface area contributed by atoms with Crippen LogP contribution in [0.25, 0.3) is 0 Å². The van der Waals surface area contributed by atoms with Crippen LogP contribution in [-0.4, -0.2) is 24.0 Å². The van der Waals surface area contributed by atoms with Gasteiger partial charge < -0.3 is 5.32 Å². The number of allylic oxidation sites excluding steroid dienone is 1. The highest BCUT2D eigenvalue weighted by Crippen LogP contribution is 2.16. The molecule has 0 saturated heterocycles. The number of hydrogen-bond acceptors (Lipinski definition) is 2. The molecule has 0 aromatic rings. The molecule has 0 fully saturated rings. The van der Waals surface area contributed by atoms with Gasteiger partial charge in [-0.2, -0.15) is 11.8 Å². The standard InChI is InChI=1S/C9H12ClNOS/c1-7(10)5-11-9(12)8-3-2-4-13-6-8/h3H,1-2,4-6H2,(H,11,12). The molecule has 0 radical (unpaired) electrons. The van der Waals surface area contributed by atoms with Crippen LogP contribution in [0, 0.1) is 0 Å². The molecule has 1 rings (SSSR count). The molecule has 2 nitrogen and oxygen atoms in total. The average Bonchev–Trinajstić information content (AvgIpc) is 2.15. The highest BCUT2D eigenvalue weighted by atomic mass is 35.5. The fourth-order valence-corrected chi connectivity index (χ4v) is 1.97. The fraction of sp³-hybridized carbons (Fsp3) is 0.444. The minimum absolute atomic E-state index is 0.0194. The van der Waals surface area contributed by atoms with Crippen molar-refractivity contribution in [3.63, 3.8) is 0 Å². The highest BCUT2D eigenvalue weighted by molar-refractivity contribution is 7.99. The molecule has 0 aromatic heterocycles. The molecule has 0 bridgehead atoms. The SMILES string of the molecule is C=C(Cl)CNC(=O)C1=CCCSC1. The van der Waals surface area contributed by atoms with E-state index < -0.39 is 0 Å². The summed E-state index contributed by atoms with van der Waals surface area (Å²) in [6, 6.07) is 0. The first-order valence-electron chi connectivity index (χ1n) is 4.08. The molecule has 0 atom stereocenters. The van der Waals surface area contributed by atoms with Gasteiger partial charge in [0.15, 0.2) is 0 Å². The molecule has 1 aliphatic heterocycles.